The van der Waals surface area contributed by atoms with E-state index in [0.29, 0.717) is 32.9 Å². The standard InChI is InChI=1S/C24H22ClFN4O2/c1-14(24(2,3)32)28-23-27-13-15-12-19(18-6-4-5-7-20(18)25)22(31)30(21(15)29-23)17-10-8-16(26)9-11-17/h4-14,32H,1-3H3,(H,27,28,29). The van der Waals surface area contributed by atoms with E-state index < -0.39 is 11.4 Å². The molecule has 0 saturated carbocycles. The van der Waals surface area contributed by atoms with E-state index in [9.17, 15) is 14.3 Å². The lowest BCUT2D eigenvalue weighted by atomic mass is 10.0. The van der Waals surface area contributed by atoms with Crippen molar-refractivity contribution < 1.29 is 9.50 Å². The third-order valence-corrected chi connectivity index (χ3v) is 5.72. The molecule has 0 saturated heterocycles. The topological polar surface area (TPSA) is 80.0 Å². The molecule has 4 rings (SSSR count). The average Bonchev–Trinajstić information content (AvgIpc) is 2.74. The SMILES string of the molecule is CC(Nc1ncc2cc(-c3ccccc3Cl)c(=O)n(-c3ccc(F)cc3)c2n1)C(C)(C)O. The smallest absolute Gasteiger partial charge is 0.264 e. The van der Waals surface area contributed by atoms with Crippen LogP contribution in [0, 0.1) is 5.82 Å². The number of rotatable bonds is 5. The lowest BCUT2D eigenvalue weighted by Crippen LogP contribution is -2.39. The van der Waals surface area contributed by atoms with E-state index in [4.69, 9.17) is 11.6 Å². The summed E-state index contributed by atoms with van der Waals surface area (Å²) in [6, 6.07) is 14.0. The first-order chi connectivity index (χ1) is 15.1. The van der Waals surface area contributed by atoms with E-state index in [1.165, 1.54) is 28.8 Å². The minimum Gasteiger partial charge on any atom is -0.388 e. The number of hydrogen-bond donors (Lipinski definition) is 2. The van der Waals surface area contributed by atoms with Gasteiger partial charge in [-0.15, -0.1) is 0 Å². The number of fused-ring (bicyclic) bond motifs is 1. The molecule has 0 amide bonds. The predicted molar refractivity (Wildman–Crippen MR) is 125 cm³/mol. The Hall–Kier alpha value is -3.29. The van der Waals surface area contributed by atoms with Gasteiger partial charge in [-0.3, -0.25) is 9.36 Å². The first-order valence-electron chi connectivity index (χ1n) is 10.1. The molecule has 0 spiro atoms. The number of hydrogen-bond acceptors (Lipinski definition) is 5. The molecule has 2 heterocycles. The third kappa shape index (κ3) is 4.22. The molecule has 2 aromatic heterocycles. The van der Waals surface area contributed by atoms with Gasteiger partial charge in [-0.2, -0.15) is 4.98 Å². The van der Waals surface area contributed by atoms with Crippen LogP contribution in [0.1, 0.15) is 20.8 Å². The molecular formula is C24H22ClFN4O2. The van der Waals surface area contributed by atoms with Gasteiger partial charge in [0.1, 0.15) is 5.82 Å². The Morgan fingerprint density at radius 2 is 1.81 bits per heavy atom. The normalized spacial score (nSPS) is 12.7. The van der Waals surface area contributed by atoms with Crippen LogP contribution < -0.4 is 10.9 Å². The van der Waals surface area contributed by atoms with Crippen molar-refractivity contribution in [1.82, 2.24) is 14.5 Å². The zero-order valence-electron chi connectivity index (χ0n) is 17.8. The summed E-state index contributed by atoms with van der Waals surface area (Å²) in [5.74, 6) is -0.155. The molecule has 4 aromatic rings. The summed E-state index contributed by atoms with van der Waals surface area (Å²) < 4.78 is 15.0. The van der Waals surface area contributed by atoms with Gasteiger partial charge in [0, 0.05) is 27.7 Å². The second-order valence-electron chi connectivity index (χ2n) is 8.15. The minimum atomic E-state index is -1.01. The van der Waals surface area contributed by atoms with Gasteiger partial charge in [0.2, 0.25) is 5.95 Å². The van der Waals surface area contributed by atoms with Gasteiger partial charge in [0.05, 0.1) is 17.3 Å². The van der Waals surface area contributed by atoms with Crippen molar-refractivity contribution in [3.63, 3.8) is 0 Å². The summed E-state index contributed by atoms with van der Waals surface area (Å²) in [5.41, 5.74) is 0.394. The summed E-state index contributed by atoms with van der Waals surface area (Å²) in [4.78, 5) is 22.5. The maximum atomic E-state index is 13.6. The Morgan fingerprint density at radius 1 is 1.12 bits per heavy atom. The van der Waals surface area contributed by atoms with Crippen LogP contribution in [0.3, 0.4) is 0 Å². The van der Waals surface area contributed by atoms with Crippen LogP contribution in [0.2, 0.25) is 5.02 Å². The molecule has 0 aliphatic rings. The van der Waals surface area contributed by atoms with Crippen molar-refractivity contribution in [2.75, 3.05) is 5.32 Å². The molecule has 2 aromatic carbocycles. The number of aromatic nitrogens is 3. The fourth-order valence-corrected chi connectivity index (χ4v) is 3.48. The molecule has 0 radical (unpaired) electrons. The highest BCUT2D eigenvalue weighted by atomic mass is 35.5. The Labute approximate surface area is 189 Å². The van der Waals surface area contributed by atoms with E-state index in [2.05, 4.69) is 15.3 Å². The maximum Gasteiger partial charge on any atom is 0.264 e. The minimum absolute atomic E-state index is 0.257. The highest BCUT2D eigenvalue weighted by molar-refractivity contribution is 6.33. The van der Waals surface area contributed by atoms with Crippen LogP contribution in [-0.2, 0) is 0 Å². The van der Waals surface area contributed by atoms with E-state index in [1.54, 1.807) is 57.3 Å². The molecule has 1 unspecified atom stereocenters. The molecule has 6 nitrogen and oxygen atoms in total. The quantitative estimate of drug-likeness (QED) is 0.454. The number of pyridine rings is 1. The van der Waals surface area contributed by atoms with Crippen molar-refractivity contribution in [2.24, 2.45) is 0 Å². The highest BCUT2D eigenvalue weighted by Gasteiger charge is 2.23. The first-order valence-corrected chi connectivity index (χ1v) is 10.5. The second-order valence-corrected chi connectivity index (χ2v) is 8.55. The first kappa shape index (κ1) is 21.9. The molecule has 8 heteroatoms. The van der Waals surface area contributed by atoms with Gasteiger partial charge in [-0.1, -0.05) is 29.8 Å². The van der Waals surface area contributed by atoms with Crippen LogP contribution >= 0.6 is 11.6 Å². The van der Waals surface area contributed by atoms with Crippen molar-refractivity contribution in [3.8, 4) is 16.8 Å². The van der Waals surface area contributed by atoms with Crippen molar-refractivity contribution in [1.29, 1.82) is 0 Å². The number of anilines is 1. The van der Waals surface area contributed by atoms with Crippen LogP contribution in [0.4, 0.5) is 10.3 Å². The van der Waals surface area contributed by atoms with Gasteiger partial charge in [-0.25, -0.2) is 9.37 Å². The molecule has 0 bridgehead atoms. The van der Waals surface area contributed by atoms with Gasteiger partial charge >= 0.3 is 0 Å². The Kier molecular flexibility index (Phi) is 5.71. The predicted octanol–water partition coefficient (Wildman–Crippen LogP) is 4.81. The number of aliphatic hydroxyl groups is 1. The molecule has 0 fully saturated rings. The van der Waals surface area contributed by atoms with Crippen molar-refractivity contribution in [2.45, 2.75) is 32.4 Å². The van der Waals surface area contributed by atoms with Crippen molar-refractivity contribution in [3.05, 3.63) is 82.0 Å². The van der Waals surface area contributed by atoms with Crippen LogP contribution in [0.5, 0.6) is 0 Å². The monoisotopic (exact) mass is 452 g/mol. The van der Waals surface area contributed by atoms with Gasteiger partial charge in [0.25, 0.3) is 5.56 Å². The van der Waals surface area contributed by atoms with E-state index in [1.807, 2.05) is 0 Å². The second kappa shape index (κ2) is 8.33. The summed E-state index contributed by atoms with van der Waals surface area (Å²) in [6.07, 6.45) is 1.60. The summed E-state index contributed by atoms with van der Waals surface area (Å²) in [6.45, 7) is 5.16. The molecule has 1 atom stereocenters. The molecule has 2 N–H and O–H groups in total. The zero-order chi connectivity index (χ0) is 23.0. The fraction of sp³-hybridized carbons (Fsp3) is 0.208. The molecular weight excluding hydrogens is 431 g/mol. The largest absolute Gasteiger partial charge is 0.388 e. The Bertz CT molecular complexity index is 1350. The van der Waals surface area contributed by atoms with Gasteiger partial charge in [-0.05, 0) is 57.2 Å². The van der Waals surface area contributed by atoms with Gasteiger partial charge < -0.3 is 10.4 Å². The number of benzene rings is 2. The summed E-state index contributed by atoms with van der Waals surface area (Å²) in [7, 11) is 0. The molecule has 32 heavy (non-hydrogen) atoms. The third-order valence-electron chi connectivity index (χ3n) is 5.40. The van der Waals surface area contributed by atoms with Crippen LogP contribution in [-0.4, -0.2) is 31.3 Å². The lowest BCUT2D eigenvalue weighted by molar-refractivity contribution is 0.0646. The maximum absolute atomic E-state index is 13.6. The molecule has 164 valence electrons. The van der Waals surface area contributed by atoms with Gasteiger partial charge in [0.15, 0.2) is 5.65 Å². The Balaban J connectivity index is 1.98. The van der Waals surface area contributed by atoms with Crippen molar-refractivity contribution >= 4 is 28.6 Å². The van der Waals surface area contributed by atoms with E-state index in [0.717, 1.165) is 0 Å². The lowest BCUT2D eigenvalue weighted by Gasteiger charge is -2.26. The van der Waals surface area contributed by atoms with E-state index in [-0.39, 0.29) is 17.5 Å². The number of nitrogens with one attached hydrogen (secondary N) is 1. The van der Waals surface area contributed by atoms with Crippen LogP contribution in [0.25, 0.3) is 27.8 Å². The highest BCUT2D eigenvalue weighted by Crippen LogP contribution is 2.28. The zero-order valence-corrected chi connectivity index (χ0v) is 18.6. The molecule has 0 aliphatic carbocycles. The molecule has 0 aliphatic heterocycles. The average molecular weight is 453 g/mol. The fourth-order valence-electron chi connectivity index (χ4n) is 3.24. The van der Waals surface area contributed by atoms with Crippen LogP contribution in [0.15, 0.2) is 65.6 Å². The summed E-state index contributed by atoms with van der Waals surface area (Å²) in [5, 5.41) is 14.3. The number of halogens is 2. The summed E-state index contributed by atoms with van der Waals surface area (Å²) >= 11 is 6.36. The van der Waals surface area contributed by atoms with E-state index >= 15 is 0 Å². The Morgan fingerprint density at radius 3 is 2.47 bits per heavy atom. The number of nitrogens with zero attached hydrogens (tertiary/aromatic N) is 3.